The van der Waals surface area contributed by atoms with E-state index in [1.165, 1.54) is 4.68 Å². The van der Waals surface area contributed by atoms with E-state index in [4.69, 9.17) is 21.2 Å². The fourth-order valence-corrected chi connectivity index (χ4v) is 3.04. The molecule has 0 aliphatic heterocycles. The smallest absolute Gasteiger partial charge is 0.325 e. The molecule has 0 fully saturated rings. The molecule has 9 heteroatoms. The third-order valence-corrected chi connectivity index (χ3v) is 4.45. The van der Waals surface area contributed by atoms with Crippen LogP contribution in [0.15, 0.2) is 28.8 Å². The van der Waals surface area contributed by atoms with Crippen molar-refractivity contribution < 1.29 is 19.2 Å². The summed E-state index contributed by atoms with van der Waals surface area (Å²) in [5.41, 5.74) is 2.67. The summed E-state index contributed by atoms with van der Waals surface area (Å²) in [7, 11) is 0. The first-order valence-electron chi connectivity index (χ1n) is 8.08. The molecular formula is C18H17ClN4O4. The minimum atomic E-state index is -1.02. The molecule has 0 unspecified atom stereocenters. The van der Waals surface area contributed by atoms with Crippen LogP contribution in [0.3, 0.4) is 0 Å². The lowest BCUT2D eigenvalue weighted by Crippen LogP contribution is -2.15. The lowest BCUT2D eigenvalue weighted by atomic mass is 10.1. The first-order chi connectivity index (χ1) is 12.8. The molecule has 27 heavy (non-hydrogen) atoms. The highest BCUT2D eigenvalue weighted by atomic mass is 35.5. The van der Waals surface area contributed by atoms with Crippen molar-refractivity contribution in [2.45, 2.75) is 27.3 Å². The van der Waals surface area contributed by atoms with Crippen LogP contribution in [-0.2, 0) is 11.3 Å². The number of rotatable bonds is 5. The summed E-state index contributed by atoms with van der Waals surface area (Å²) in [4.78, 5) is 23.9. The molecule has 8 nitrogen and oxygen atoms in total. The molecule has 140 valence electrons. The van der Waals surface area contributed by atoms with E-state index in [0.29, 0.717) is 39.1 Å². The Morgan fingerprint density at radius 3 is 2.63 bits per heavy atom. The van der Waals surface area contributed by atoms with Gasteiger partial charge in [-0.2, -0.15) is 5.10 Å². The van der Waals surface area contributed by atoms with Crippen molar-refractivity contribution in [2.24, 2.45) is 0 Å². The van der Waals surface area contributed by atoms with Crippen LogP contribution in [0, 0.1) is 20.8 Å². The Bertz CT molecular complexity index is 1040. The highest BCUT2D eigenvalue weighted by molar-refractivity contribution is 6.33. The first-order valence-corrected chi connectivity index (χ1v) is 8.45. The van der Waals surface area contributed by atoms with Crippen molar-refractivity contribution in [1.29, 1.82) is 0 Å². The van der Waals surface area contributed by atoms with Crippen LogP contribution in [-0.4, -0.2) is 31.9 Å². The molecule has 1 amide bonds. The van der Waals surface area contributed by atoms with Gasteiger partial charge in [0.25, 0.3) is 5.91 Å². The van der Waals surface area contributed by atoms with E-state index in [2.05, 4.69) is 15.6 Å². The molecule has 0 aliphatic rings. The van der Waals surface area contributed by atoms with E-state index in [1.54, 1.807) is 45.0 Å². The molecule has 3 aromatic rings. The first kappa shape index (κ1) is 18.7. The number of nitrogens with one attached hydrogen (secondary N) is 1. The second-order valence-corrected chi connectivity index (χ2v) is 6.40. The number of hydrogen-bond acceptors (Lipinski definition) is 5. The summed E-state index contributed by atoms with van der Waals surface area (Å²) < 4.78 is 6.54. The molecule has 0 radical (unpaired) electrons. The maximum absolute atomic E-state index is 12.9. The molecule has 2 aromatic heterocycles. The van der Waals surface area contributed by atoms with Crippen LogP contribution in [0.5, 0.6) is 0 Å². The molecule has 3 rings (SSSR count). The van der Waals surface area contributed by atoms with Crippen molar-refractivity contribution in [3.05, 3.63) is 52.0 Å². The van der Waals surface area contributed by atoms with Gasteiger partial charge >= 0.3 is 5.97 Å². The number of aromatic nitrogens is 3. The third kappa shape index (κ3) is 3.56. The Kier molecular flexibility index (Phi) is 5.00. The summed E-state index contributed by atoms with van der Waals surface area (Å²) in [6.07, 6.45) is 0. The molecule has 0 saturated carbocycles. The molecule has 0 bridgehead atoms. The molecule has 0 atom stereocenters. The van der Waals surface area contributed by atoms with E-state index in [0.717, 1.165) is 0 Å². The van der Waals surface area contributed by atoms with Gasteiger partial charge in [0.15, 0.2) is 0 Å². The van der Waals surface area contributed by atoms with Gasteiger partial charge in [0.05, 0.1) is 22.1 Å². The summed E-state index contributed by atoms with van der Waals surface area (Å²) in [5.74, 6) is -1.12. The van der Waals surface area contributed by atoms with Crippen LogP contribution >= 0.6 is 11.6 Å². The van der Waals surface area contributed by atoms with Crippen LogP contribution in [0.25, 0.3) is 11.3 Å². The maximum atomic E-state index is 12.9. The predicted molar refractivity (Wildman–Crippen MR) is 99.0 cm³/mol. The Morgan fingerprint density at radius 1 is 1.26 bits per heavy atom. The van der Waals surface area contributed by atoms with Crippen LogP contribution < -0.4 is 5.32 Å². The minimum Gasteiger partial charge on any atom is -0.480 e. The summed E-state index contributed by atoms with van der Waals surface area (Å²) in [5, 5.41) is 20.3. The third-order valence-electron chi connectivity index (χ3n) is 4.12. The molecule has 0 aliphatic carbocycles. The zero-order valence-corrected chi connectivity index (χ0v) is 15.7. The fourth-order valence-electron chi connectivity index (χ4n) is 2.81. The van der Waals surface area contributed by atoms with Gasteiger partial charge in [-0.1, -0.05) is 35.0 Å². The number of amides is 1. The van der Waals surface area contributed by atoms with Gasteiger partial charge in [-0.15, -0.1) is 0 Å². The molecule has 2 heterocycles. The zero-order valence-electron chi connectivity index (χ0n) is 14.9. The summed E-state index contributed by atoms with van der Waals surface area (Å²) >= 11 is 6.22. The van der Waals surface area contributed by atoms with E-state index in [-0.39, 0.29) is 12.1 Å². The Balaban J connectivity index is 1.97. The number of nitrogens with zero attached hydrogens (tertiary/aromatic N) is 3. The minimum absolute atomic E-state index is 0.257. The number of aryl methyl sites for hydroxylation is 2. The average molecular weight is 389 g/mol. The van der Waals surface area contributed by atoms with Gasteiger partial charge in [-0.05, 0) is 26.8 Å². The van der Waals surface area contributed by atoms with Gasteiger partial charge < -0.3 is 14.9 Å². The Hall–Kier alpha value is -3.13. The molecule has 0 spiro atoms. The number of aliphatic carboxylic acids is 1. The number of carbonyl (C=O) groups excluding carboxylic acids is 1. The number of carboxylic acid groups (broad SMARTS) is 1. The summed E-state index contributed by atoms with van der Waals surface area (Å²) in [6.45, 7) is 4.72. The van der Waals surface area contributed by atoms with Crippen molar-refractivity contribution in [2.75, 3.05) is 5.32 Å². The van der Waals surface area contributed by atoms with Gasteiger partial charge in [-0.25, -0.2) is 0 Å². The lowest BCUT2D eigenvalue weighted by Gasteiger charge is -2.07. The van der Waals surface area contributed by atoms with Gasteiger partial charge in [0, 0.05) is 5.56 Å². The van der Waals surface area contributed by atoms with E-state index >= 15 is 0 Å². The van der Waals surface area contributed by atoms with E-state index in [9.17, 15) is 9.59 Å². The van der Waals surface area contributed by atoms with Crippen LogP contribution in [0.4, 0.5) is 5.69 Å². The largest absolute Gasteiger partial charge is 0.480 e. The summed E-state index contributed by atoms with van der Waals surface area (Å²) in [6, 6.07) is 7.02. The zero-order chi connectivity index (χ0) is 19.7. The SMILES string of the molecule is Cc1nn(CC(=O)O)c(C)c1NC(=O)c1c(-c2ccccc2Cl)noc1C. The van der Waals surface area contributed by atoms with Gasteiger partial charge in [0.2, 0.25) is 0 Å². The van der Waals surface area contributed by atoms with Crippen molar-refractivity contribution in [3.63, 3.8) is 0 Å². The number of hydrogen-bond donors (Lipinski definition) is 2. The predicted octanol–water partition coefficient (Wildman–Crippen LogP) is 3.45. The Labute approximate surface area is 159 Å². The lowest BCUT2D eigenvalue weighted by molar-refractivity contribution is -0.137. The molecule has 2 N–H and O–H groups in total. The quantitative estimate of drug-likeness (QED) is 0.692. The Morgan fingerprint density at radius 2 is 1.96 bits per heavy atom. The second kappa shape index (κ2) is 7.24. The highest BCUT2D eigenvalue weighted by Gasteiger charge is 2.25. The standard InChI is InChI=1S/C18H17ClN4O4/c1-9-16(10(2)23(21-9)8-14(24)25)20-18(26)15-11(3)27-22-17(15)12-6-4-5-7-13(12)19/h4-7H,8H2,1-3H3,(H,20,26)(H,24,25). The van der Waals surface area contributed by atoms with Crippen molar-refractivity contribution >= 4 is 29.2 Å². The highest BCUT2D eigenvalue weighted by Crippen LogP contribution is 2.32. The average Bonchev–Trinajstić information content (AvgIpc) is 3.10. The molecular weight excluding hydrogens is 372 g/mol. The number of halogens is 1. The number of anilines is 1. The van der Waals surface area contributed by atoms with E-state index in [1.807, 2.05) is 0 Å². The fraction of sp³-hybridized carbons (Fsp3) is 0.222. The van der Waals surface area contributed by atoms with E-state index < -0.39 is 11.9 Å². The van der Waals surface area contributed by atoms with Crippen LogP contribution in [0.2, 0.25) is 5.02 Å². The second-order valence-electron chi connectivity index (χ2n) is 5.99. The normalized spacial score (nSPS) is 10.8. The topological polar surface area (TPSA) is 110 Å². The van der Waals surface area contributed by atoms with Crippen molar-refractivity contribution in [1.82, 2.24) is 14.9 Å². The van der Waals surface area contributed by atoms with Gasteiger partial charge in [0.1, 0.15) is 23.6 Å². The number of benzene rings is 1. The van der Waals surface area contributed by atoms with Crippen molar-refractivity contribution in [3.8, 4) is 11.3 Å². The molecule has 1 aromatic carbocycles. The molecule has 0 saturated heterocycles. The monoisotopic (exact) mass is 388 g/mol. The van der Waals surface area contributed by atoms with Gasteiger partial charge in [-0.3, -0.25) is 14.3 Å². The maximum Gasteiger partial charge on any atom is 0.325 e. The van der Waals surface area contributed by atoms with Crippen LogP contribution in [0.1, 0.15) is 27.5 Å². The number of carbonyl (C=O) groups is 2. The number of carboxylic acids is 1.